The Morgan fingerprint density at radius 1 is 1.00 bits per heavy atom. The number of aliphatic hydroxyl groups is 1. The zero-order valence-corrected chi connectivity index (χ0v) is 14.6. The highest BCUT2D eigenvalue weighted by molar-refractivity contribution is 5.74. The smallest absolute Gasteiger partial charge is 0.337 e. The maximum Gasteiger partial charge on any atom is 0.337 e. The van der Waals surface area contributed by atoms with E-state index in [0.29, 0.717) is 0 Å². The number of aliphatic carboxylic acids is 1. The minimum atomic E-state index is -1.61. The van der Waals surface area contributed by atoms with E-state index in [4.69, 9.17) is 24.8 Å². The largest absolute Gasteiger partial charge is 0.504 e. The van der Waals surface area contributed by atoms with Crippen molar-refractivity contribution in [3.63, 3.8) is 0 Å². The summed E-state index contributed by atoms with van der Waals surface area (Å²) in [6.07, 6.45) is -1.34. The second kappa shape index (κ2) is 9.88. The summed E-state index contributed by atoms with van der Waals surface area (Å²) in [5.41, 5.74) is 0.159. The van der Waals surface area contributed by atoms with E-state index in [1.54, 1.807) is 6.92 Å². The number of phenolic OH excluding ortho intramolecular Hbond substituents is 3. The van der Waals surface area contributed by atoms with Crippen LogP contribution < -0.4 is 9.47 Å². The third-order valence-electron chi connectivity index (χ3n) is 3.22. The lowest BCUT2D eigenvalue weighted by molar-refractivity contribution is -0.147. The highest BCUT2D eigenvalue weighted by Gasteiger charge is 2.17. The van der Waals surface area contributed by atoms with Crippen LogP contribution in [0.5, 0.6) is 28.7 Å². The summed E-state index contributed by atoms with van der Waals surface area (Å²) in [5.74, 6) is -2.03. The van der Waals surface area contributed by atoms with Crippen LogP contribution in [0.25, 0.3) is 0 Å². The molecule has 0 radical (unpaired) electrons. The lowest BCUT2D eigenvalue weighted by Crippen LogP contribution is -2.10. The Balaban J connectivity index is 0.000000271. The van der Waals surface area contributed by atoms with Gasteiger partial charge in [0.25, 0.3) is 0 Å². The summed E-state index contributed by atoms with van der Waals surface area (Å²) in [4.78, 5) is 21.2. The van der Waals surface area contributed by atoms with E-state index < -0.39 is 12.1 Å². The molecule has 0 amide bonds. The molecule has 5 N–H and O–H groups in total. The molecular weight excluding hydrogens is 360 g/mol. The van der Waals surface area contributed by atoms with Gasteiger partial charge < -0.3 is 35.0 Å². The van der Waals surface area contributed by atoms with Crippen LogP contribution in [-0.4, -0.2) is 44.6 Å². The average Bonchev–Trinajstić information content (AvgIpc) is 2.65. The fraction of sp³-hybridized carbons (Fsp3) is 0.222. The summed E-state index contributed by atoms with van der Waals surface area (Å²) >= 11 is 0. The van der Waals surface area contributed by atoms with Crippen LogP contribution in [0.15, 0.2) is 36.4 Å². The molecule has 0 aliphatic rings. The van der Waals surface area contributed by atoms with Crippen molar-refractivity contribution in [2.24, 2.45) is 0 Å². The van der Waals surface area contributed by atoms with Gasteiger partial charge >= 0.3 is 11.9 Å². The molecule has 0 fully saturated rings. The number of ether oxygens (including phenoxy) is 2. The fourth-order valence-corrected chi connectivity index (χ4v) is 1.78. The molecule has 0 saturated heterocycles. The molecule has 1 atom stereocenters. The standard InChI is InChI=1S/C9H10O5.C9H10O4/c1-14-7-4-5(2-3-6(7)10)8(11)9(12)13;1-2-9(12)13-6-3-4-7(10)8(11)5-6/h2-4,8,10-11H,1H3,(H,12,13);3-5,10-11H,2H2,1H3. The Labute approximate surface area is 154 Å². The number of carbonyl (C=O) groups excluding carboxylic acids is 1. The maximum atomic E-state index is 10.8. The number of aromatic hydroxyl groups is 3. The van der Waals surface area contributed by atoms with Crippen LogP contribution in [-0.2, 0) is 9.59 Å². The van der Waals surface area contributed by atoms with Gasteiger partial charge in [0.1, 0.15) is 5.75 Å². The van der Waals surface area contributed by atoms with E-state index >= 15 is 0 Å². The molecule has 1 unspecified atom stereocenters. The van der Waals surface area contributed by atoms with Gasteiger partial charge in [0.05, 0.1) is 7.11 Å². The molecule has 0 aliphatic carbocycles. The van der Waals surface area contributed by atoms with Crippen LogP contribution in [0, 0.1) is 0 Å². The SMILES string of the molecule is CCC(=O)Oc1ccc(O)c(O)c1.COc1cc(C(O)C(=O)O)ccc1O. The quantitative estimate of drug-likeness (QED) is 0.297. The van der Waals surface area contributed by atoms with Crippen LogP contribution in [0.2, 0.25) is 0 Å². The van der Waals surface area contributed by atoms with Crippen LogP contribution in [0.4, 0.5) is 0 Å². The normalized spacial score (nSPS) is 10.9. The molecule has 2 rings (SSSR count). The van der Waals surface area contributed by atoms with Gasteiger partial charge in [0.2, 0.25) is 0 Å². The zero-order valence-electron chi connectivity index (χ0n) is 14.6. The van der Waals surface area contributed by atoms with Gasteiger partial charge in [0.15, 0.2) is 29.1 Å². The van der Waals surface area contributed by atoms with E-state index in [2.05, 4.69) is 0 Å². The lowest BCUT2D eigenvalue weighted by atomic mass is 10.1. The van der Waals surface area contributed by atoms with E-state index in [-0.39, 0.29) is 46.7 Å². The van der Waals surface area contributed by atoms with Crippen molar-refractivity contribution in [2.45, 2.75) is 19.4 Å². The Bertz CT molecular complexity index is 801. The van der Waals surface area contributed by atoms with Crippen molar-refractivity contribution < 1.29 is 44.6 Å². The van der Waals surface area contributed by atoms with Gasteiger partial charge in [-0.25, -0.2) is 4.79 Å². The number of hydrogen-bond donors (Lipinski definition) is 5. The summed E-state index contributed by atoms with van der Waals surface area (Å²) in [6, 6.07) is 7.70. The van der Waals surface area contributed by atoms with Crippen LogP contribution in [0.1, 0.15) is 25.0 Å². The summed E-state index contributed by atoms with van der Waals surface area (Å²) < 4.78 is 9.55. The molecule has 0 aromatic heterocycles. The molecule has 2 aromatic rings. The molecule has 0 saturated carbocycles. The van der Waals surface area contributed by atoms with Crippen molar-refractivity contribution in [2.75, 3.05) is 7.11 Å². The first-order valence-corrected chi connectivity index (χ1v) is 7.70. The average molecular weight is 380 g/mol. The molecule has 0 heterocycles. The number of methoxy groups -OCH3 is 1. The highest BCUT2D eigenvalue weighted by atomic mass is 16.5. The third kappa shape index (κ3) is 6.40. The Morgan fingerprint density at radius 2 is 1.63 bits per heavy atom. The zero-order chi connectivity index (χ0) is 20.6. The number of carboxylic acid groups (broad SMARTS) is 1. The second-order valence-electron chi connectivity index (χ2n) is 5.15. The molecule has 146 valence electrons. The molecule has 0 bridgehead atoms. The molecule has 0 aliphatic heterocycles. The van der Waals surface area contributed by atoms with E-state index in [1.807, 2.05) is 0 Å². The molecule has 27 heavy (non-hydrogen) atoms. The van der Waals surface area contributed by atoms with Gasteiger partial charge in [-0.1, -0.05) is 13.0 Å². The minimum Gasteiger partial charge on any atom is -0.504 e. The predicted octanol–water partition coefficient (Wildman–Crippen LogP) is 1.93. The second-order valence-corrected chi connectivity index (χ2v) is 5.15. The maximum absolute atomic E-state index is 10.8. The number of carbonyl (C=O) groups is 2. The Kier molecular flexibility index (Phi) is 7.89. The van der Waals surface area contributed by atoms with Crippen molar-refractivity contribution in [1.82, 2.24) is 0 Å². The van der Waals surface area contributed by atoms with Gasteiger partial charge in [-0.2, -0.15) is 0 Å². The van der Waals surface area contributed by atoms with E-state index in [1.165, 1.54) is 43.5 Å². The number of esters is 1. The summed E-state index contributed by atoms with van der Waals surface area (Å²) in [6.45, 7) is 1.67. The minimum absolute atomic E-state index is 0.103. The van der Waals surface area contributed by atoms with Gasteiger partial charge in [-0.3, -0.25) is 4.79 Å². The molecule has 2 aromatic carbocycles. The summed E-state index contributed by atoms with van der Waals surface area (Å²) in [5, 5.41) is 44.9. The van der Waals surface area contributed by atoms with Crippen molar-refractivity contribution in [1.29, 1.82) is 0 Å². The highest BCUT2D eigenvalue weighted by Crippen LogP contribution is 2.29. The monoisotopic (exact) mass is 380 g/mol. The fourth-order valence-electron chi connectivity index (χ4n) is 1.78. The first-order valence-electron chi connectivity index (χ1n) is 7.70. The first kappa shape index (κ1) is 21.6. The Hall–Kier alpha value is -3.46. The van der Waals surface area contributed by atoms with Crippen molar-refractivity contribution in [3.8, 4) is 28.7 Å². The van der Waals surface area contributed by atoms with Crippen LogP contribution in [0.3, 0.4) is 0 Å². The van der Waals surface area contributed by atoms with Crippen molar-refractivity contribution >= 4 is 11.9 Å². The van der Waals surface area contributed by atoms with E-state index in [0.717, 1.165) is 0 Å². The molecule has 9 heteroatoms. The lowest BCUT2D eigenvalue weighted by Gasteiger charge is -2.08. The topological polar surface area (TPSA) is 154 Å². The molecule has 9 nitrogen and oxygen atoms in total. The number of carboxylic acids is 1. The van der Waals surface area contributed by atoms with E-state index in [9.17, 15) is 19.8 Å². The molecule has 0 spiro atoms. The Morgan fingerprint density at radius 3 is 2.15 bits per heavy atom. The van der Waals surface area contributed by atoms with Gasteiger partial charge in [-0.05, 0) is 29.8 Å². The van der Waals surface area contributed by atoms with Gasteiger partial charge in [0, 0.05) is 12.5 Å². The third-order valence-corrected chi connectivity index (χ3v) is 3.22. The predicted molar refractivity (Wildman–Crippen MR) is 93.0 cm³/mol. The summed E-state index contributed by atoms with van der Waals surface area (Å²) in [7, 11) is 1.34. The van der Waals surface area contributed by atoms with Gasteiger partial charge in [-0.15, -0.1) is 0 Å². The number of hydrogen-bond acceptors (Lipinski definition) is 8. The first-order chi connectivity index (χ1) is 12.7. The number of rotatable bonds is 5. The number of benzene rings is 2. The number of aliphatic hydroxyl groups excluding tert-OH is 1. The molecular formula is C18H20O9. The number of phenols is 3. The van der Waals surface area contributed by atoms with Crippen molar-refractivity contribution in [3.05, 3.63) is 42.0 Å². The van der Waals surface area contributed by atoms with Crippen LogP contribution >= 0.6 is 0 Å².